The molecule has 0 nitrogen and oxygen atoms in total. The van der Waals surface area contributed by atoms with Gasteiger partial charge in [0.1, 0.15) is 0 Å². The van der Waals surface area contributed by atoms with E-state index in [9.17, 15) is 0 Å². The summed E-state index contributed by atoms with van der Waals surface area (Å²) < 4.78 is 0. The predicted molar refractivity (Wildman–Crippen MR) is 79.2 cm³/mol. The minimum Gasteiger partial charge on any atom is -0.114 e. The lowest BCUT2D eigenvalue weighted by Crippen LogP contribution is -2.25. The summed E-state index contributed by atoms with van der Waals surface area (Å²) in [4.78, 5) is -0.986. The Balaban J connectivity index is 4.55. The maximum Gasteiger partial charge on any atom is 0.0768 e. The first kappa shape index (κ1) is 16.3. The van der Waals surface area contributed by atoms with Gasteiger partial charge in [0, 0.05) is 10.9 Å². The van der Waals surface area contributed by atoms with Gasteiger partial charge in [-0.05, 0) is 13.8 Å². The van der Waals surface area contributed by atoms with Gasteiger partial charge in [0.05, 0.1) is 14.6 Å². The summed E-state index contributed by atoms with van der Waals surface area (Å²) in [5.41, 5.74) is 1.42. The number of halogens is 5. The first-order chi connectivity index (χ1) is 6.75. The van der Waals surface area contributed by atoms with E-state index in [0.717, 1.165) is 0 Å². The minimum atomic E-state index is -0.558. The van der Waals surface area contributed by atoms with Crippen molar-refractivity contribution in [1.82, 2.24) is 0 Å². The molecule has 0 rings (SSSR count). The molecule has 3 unspecified atom stereocenters. The smallest absolute Gasteiger partial charge is 0.0768 e. The molecule has 0 aromatic carbocycles. The second-order valence-electron chi connectivity index (χ2n) is 3.62. The van der Waals surface area contributed by atoms with Crippen molar-refractivity contribution >= 4 is 66.7 Å². The fraction of sp³-hybridized carbons (Fsp3) is 0.600. The third-order valence-electron chi connectivity index (χ3n) is 1.80. The van der Waals surface area contributed by atoms with Crippen LogP contribution >= 0.6 is 66.7 Å². The van der Waals surface area contributed by atoms with Crippen molar-refractivity contribution in [2.45, 2.75) is 28.4 Å². The van der Waals surface area contributed by atoms with Crippen LogP contribution in [-0.4, -0.2) is 19.9 Å². The Morgan fingerprint density at radius 2 is 1.80 bits per heavy atom. The predicted octanol–water partition coefficient (Wildman–Crippen LogP) is 5.45. The number of rotatable bonds is 5. The highest BCUT2D eigenvalue weighted by molar-refractivity contribution is 9.09. The van der Waals surface area contributed by atoms with Gasteiger partial charge < -0.3 is 0 Å². The lowest BCUT2D eigenvalue weighted by Gasteiger charge is -2.22. The second kappa shape index (κ2) is 6.90. The highest BCUT2D eigenvalue weighted by atomic mass is 79.9. The molecule has 0 heterocycles. The molecular formula is C10H13Br2Cl3. The number of alkyl halides is 4. The first-order valence-corrected chi connectivity index (χ1v) is 7.53. The van der Waals surface area contributed by atoms with Crippen molar-refractivity contribution in [3.8, 4) is 0 Å². The van der Waals surface area contributed by atoms with E-state index < -0.39 is 9.75 Å². The van der Waals surface area contributed by atoms with E-state index in [1.54, 1.807) is 6.08 Å². The van der Waals surface area contributed by atoms with Crippen molar-refractivity contribution in [1.29, 1.82) is 0 Å². The summed E-state index contributed by atoms with van der Waals surface area (Å²) in [5.74, 6) is 0. The van der Waals surface area contributed by atoms with Crippen LogP contribution in [0.25, 0.3) is 0 Å². The number of hydrogen-bond donors (Lipinski definition) is 0. The Hall–Kier alpha value is 1.31. The Morgan fingerprint density at radius 1 is 1.27 bits per heavy atom. The van der Waals surface area contributed by atoms with Crippen LogP contribution in [-0.2, 0) is 0 Å². The molecule has 0 amide bonds. The molecule has 0 aliphatic carbocycles. The molecule has 15 heavy (non-hydrogen) atoms. The summed E-state index contributed by atoms with van der Waals surface area (Å²) in [6.07, 6.45) is 5.56. The Labute approximate surface area is 123 Å². The number of allylic oxidation sites excluding steroid dienone is 3. The molecule has 0 bridgehead atoms. The Morgan fingerprint density at radius 3 is 2.20 bits per heavy atom. The normalized spacial score (nSPS) is 22.9. The lowest BCUT2D eigenvalue weighted by atomic mass is 10.1. The van der Waals surface area contributed by atoms with E-state index in [1.807, 2.05) is 26.0 Å². The summed E-state index contributed by atoms with van der Waals surface area (Å²) in [7, 11) is 0. The molecule has 0 aromatic rings. The van der Waals surface area contributed by atoms with Crippen molar-refractivity contribution in [2.24, 2.45) is 0 Å². The van der Waals surface area contributed by atoms with Gasteiger partial charge in [-0.15, -0.1) is 23.2 Å². The van der Waals surface area contributed by atoms with Crippen LogP contribution < -0.4 is 0 Å². The summed E-state index contributed by atoms with van der Waals surface area (Å²) in [6, 6.07) is 0. The van der Waals surface area contributed by atoms with Crippen molar-refractivity contribution < 1.29 is 0 Å². The Kier molecular flexibility index (Phi) is 7.51. The van der Waals surface area contributed by atoms with Gasteiger partial charge in [0.25, 0.3) is 0 Å². The van der Waals surface area contributed by atoms with Crippen LogP contribution in [0.5, 0.6) is 0 Å². The zero-order valence-electron chi connectivity index (χ0n) is 8.48. The largest absolute Gasteiger partial charge is 0.114 e. The fourth-order valence-electron chi connectivity index (χ4n) is 0.733. The van der Waals surface area contributed by atoms with Gasteiger partial charge in [0.2, 0.25) is 0 Å². The SMILES string of the molecule is CC(Cl)(C=CC(Br)C(C)(Cl)C=CCl)CBr. The minimum absolute atomic E-state index is 0.0289. The van der Waals surface area contributed by atoms with Gasteiger partial charge in [-0.1, -0.05) is 61.7 Å². The summed E-state index contributed by atoms with van der Waals surface area (Å²) >= 11 is 24.7. The summed E-state index contributed by atoms with van der Waals surface area (Å²) in [5, 5.41) is 0.683. The van der Waals surface area contributed by atoms with Crippen LogP contribution in [0.4, 0.5) is 0 Å². The first-order valence-electron chi connectivity index (χ1n) is 4.30. The second-order valence-corrected chi connectivity index (χ2v) is 7.09. The van der Waals surface area contributed by atoms with E-state index >= 15 is 0 Å². The molecule has 0 aliphatic heterocycles. The van der Waals surface area contributed by atoms with Gasteiger partial charge in [-0.2, -0.15) is 0 Å². The van der Waals surface area contributed by atoms with E-state index in [-0.39, 0.29) is 4.83 Å². The molecule has 0 N–H and O–H groups in total. The highest BCUT2D eigenvalue weighted by Crippen LogP contribution is 2.30. The quantitative estimate of drug-likeness (QED) is 0.426. The average molecular weight is 399 g/mol. The molecule has 0 saturated heterocycles. The standard InChI is InChI=1S/C10H13Br2Cl3/c1-9(14,7-11)4-3-8(12)10(2,15)5-6-13/h3-6,8H,7H2,1-2H3. The number of hydrogen-bond acceptors (Lipinski definition) is 0. The fourth-order valence-corrected chi connectivity index (χ4v) is 1.76. The third kappa shape index (κ3) is 6.58. The molecule has 5 heteroatoms. The molecule has 88 valence electrons. The molecule has 3 atom stereocenters. The van der Waals surface area contributed by atoms with Gasteiger partial charge in [0.15, 0.2) is 0 Å². The molecule has 0 spiro atoms. The van der Waals surface area contributed by atoms with E-state index in [1.165, 1.54) is 5.54 Å². The molecule has 0 radical (unpaired) electrons. The molecule has 0 fully saturated rings. The van der Waals surface area contributed by atoms with Gasteiger partial charge in [-0.3, -0.25) is 0 Å². The van der Waals surface area contributed by atoms with E-state index in [2.05, 4.69) is 31.9 Å². The molecule has 0 aromatic heterocycles. The highest BCUT2D eigenvalue weighted by Gasteiger charge is 2.26. The molecule has 0 saturated carbocycles. The maximum absolute atomic E-state index is 6.23. The third-order valence-corrected chi connectivity index (χ3v) is 5.56. The molecule has 0 aliphatic rings. The van der Waals surface area contributed by atoms with E-state index in [4.69, 9.17) is 34.8 Å². The van der Waals surface area contributed by atoms with Gasteiger partial charge >= 0.3 is 0 Å². The van der Waals surface area contributed by atoms with Crippen molar-refractivity contribution in [2.75, 3.05) is 5.33 Å². The van der Waals surface area contributed by atoms with Crippen LogP contribution in [0.2, 0.25) is 0 Å². The zero-order chi connectivity index (χ0) is 12.1. The topological polar surface area (TPSA) is 0 Å². The van der Waals surface area contributed by atoms with Crippen LogP contribution in [0, 0.1) is 0 Å². The van der Waals surface area contributed by atoms with Crippen molar-refractivity contribution in [3.05, 3.63) is 23.8 Å². The van der Waals surface area contributed by atoms with Gasteiger partial charge in [-0.25, -0.2) is 0 Å². The van der Waals surface area contributed by atoms with E-state index in [0.29, 0.717) is 5.33 Å². The van der Waals surface area contributed by atoms with Crippen molar-refractivity contribution in [3.63, 3.8) is 0 Å². The average Bonchev–Trinajstić information content (AvgIpc) is 2.14. The maximum atomic E-state index is 6.23. The zero-order valence-corrected chi connectivity index (χ0v) is 13.9. The van der Waals surface area contributed by atoms with Crippen LogP contribution in [0.3, 0.4) is 0 Å². The van der Waals surface area contributed by atoms with Crippen LogP contribution in [0.1, 0.15) is 13.8 Å². The summed E-state index contributed by atoms with van der Waals surface area (Å²) in [6.45, 7) is 3.79. The lowest BCUT2D eigenvalue weighted by molar-refractivity contribution is 0.807. The van der Waals surface area contributed by atoms with Crippen LogP contribution in [0.15, 0.2) is 23.8 Å². The molecular weight excluding hydrogens is 386 g/mol. The Bertz CT molecular complexity index is 247. The monoisotopic (exact) mass is 396 g/mol.